The van der Waals surface area contributed by atoms with Crippen molar-refractivity contribution in [1.82, 2.24) is 0 Å². The van der Waals surface area contributed by atoms with Crippen LogP contribution in [-0.2, 0) is 0 Å². The fraction of sp³-hybridized carbons (Fsp3) is 0.235. The Hall–Kier alpha value is -1.60. The molecular formula is C17H17ClO. The third-order valence-corrected chi connectivity index (χ3v) is 3.93. The summed E-state index contributed by atoms with van der Waals surface area (Å²) in [4.78, 5) is 12.6. The van der Waals surface area contributed by atoms with E-state index < -0.39 is 0 Å². The summed E-state index contributed by atoms with van der Waals surface area (Å²) in [6.45, 7) is 7.89. The second-order valence-corrected chi connectivity index (χ2v) is 5.45. The van der Waals surface area contributed by atoms with Gasteiger partial charge in [0.15, 0.2) is 5.78 Å². The molecule has 0 aliphatic rings. The Bertz CT molecular complexity index is 657. The number of hydrogen-bond acceptors (Lipinski definition) is 1. The summed E-state index contributed by atoms with van der Waals surface area (Å²) in [6, 6.07) is 9.54. The second-order valence-electron chi connectivity index (χ2n) is 5.04. The monoisotopic (exact) mass is 272 g/mol. The first kappa shape index (κ1) is 13.8. The molecule has 0 aliphatic heterocycles. The molecule has 0 unspecified atom stereocenters. The number of carbonyl (C=O) groups excluding carboxylic acids is 1. The van der Waals surface area contributed by atoms with Gasteiger partial charge in [0, 0.05) is 16.1 Å². The molecule has 0 saturated heterocycles. The van der Waals surface area contributed by atoms with E-state index in [-0.39, 0.29) is 5.78 Å². The Morgan fingerprint density at radius 2 is 1.53 bits per heavy atom. The molecule has 0 aromatic heterocycles. The van der Waals surface area contributed by atoms with Crippen LogP contribution >= 0.6 is 11.6 Å². The van der Waals surface area contributed by atoms with Gasteiger partial charge >= 0.3 is 0 Å². The van der Waals surface area contributed by atoms with E-state index in [1.54, 1.807) is 0 Å². The van der Waals surface area contributed by atoms with Gasteiger partial charge in [0.1, 0.15) is 0 Å². The van der Waals surface area contributed by atoms with Crippen molar-refractivity contribution in [1.29, 1.82) is 0 Å². The first-order chi connectivity index (χ1) is 8.90. The molecule has 0 heterocycles. The zero-order chi connectivity index (χ0) is 14.2. The summed E-state index contributed by atoms with van der Waals surface area (Å²) >= 11 is 6.07. The summed E-state index contributed by atoms with van der Waals surface area (Å²) in [6.07, 6.45) is 0. The van der Waals surface area contributed by atoms with Crippen LogP contribution in [0.4, 0.5) is 0 Å². The van der Waals surface area contributed by atoms with E-state index >= 15 is 0 Å². The van der Waals surface area contributed by atoms with Crippen molar-refractivity contribution in [2.75, 3.05) is 0 Å². The summed E-state index contributed by atoms with van der Waals surface area (Å²) < 4.78 is 0. The molecule has 2 rings (SSSR count). The molecule has 0 aliphatic carbocycles. The van der Waals surface area contributed by atoms with Gasteiger partial charge in [-0.25, -0.2) is 0 Å². The Balaban J connectivity index is 2.49. The number of ketones is 1. The summed E-state index contributed by atoms with van der Waals surface area (Å²) in [5, 5.41) is 0.703. The van der Waals surface area contributed by atoms with Gasteiger partial charge in [-0.1, -0.05) is 23.7 Å². The zero-order valence-corrected chi connectivity index (χ0v) is 12.4. The zero-order valence-electron chi connectivity index (χ0n) is 11.7. The lowest BCUT2D eigenvalue weighted by molar-refractivity contribution is 0.103. The highest BCUT2D eigenvalue weighted by atomic mass is 35.5. The molecule has 0 N–H and O–H groups in total. The maximum absolute atomic E-state index is 12.6. The minimum atomic E-state index is 0.0559. The molecule has 0 amide bonds. The molecule has 98 valence electrons. The number of benzene rings is 2. The molecule has 2 aromatic carbocycles. The van der Waals surface area contributed by atoms with E-state index in [1.165, 1.54) is 5.56 Å². The van der Waals surface area contributed by atoms with Crippen molar-refractivity contribution in [3.05, 3.63) is 68.7 Å². The Kier molecular flexibility index (Phi) is 3.77. The van der Waals surface area contributed by atoms with Gasteiger partial charge in [-0.2, -0.15) is 0 Å². The van der Waals surface area contributed by atoms with Gasteiger partial charge in [0.2, 0.25) is 0 Å². The Labute approximate surface area is 119 Å². The third kappa shape index (κ3) is 2.71. The highest BCUT2D eigenvalue weighted by molar-refractivity contribution is 6.31. The molecule has 2 aromatic rings. The van der Waals surface area contributed by atoms with Gasteiger partial charge in [0.25, 0.3) is 0 Å². The van der Waals surface area contributed by atoms with Gasteiger partial charge in [-0.15, -0.1) is 0 Å². The van der Waals surface area contributed by atoms with Crippen LogP contribution in [-0.4, -0.2) is 5.78 Å². The normalized spacial score (nSPS) is 10.6. The van der Waals surface area contributed by atoms with Crippen LogP contribution in [0.3, 0.4) is 0 Å². The summed E-state index contributed by atoms with van der Waals surface area (Å²) in [7, 11) is 0. The minimum Gasteiger partial charge on any atom is -0.289 e. The topological polar surface area (TPSA) is 17.1 Å². The van der Waals surface area contributed by atoms with Gasteiger partial charge < -0.3 is 0 Å². The number of halogens is 1. The van der Waals surface area contributed by atoms with Crippen LogP contribution in [0, 0.1) is 27.7 Å². The van der Waals surface area contributed by atoms with Crippen LogP contribution in [0.2, 0.25) is 5.02 Å². The van der Waals surface area contributed by atoms with E-state index in [0.717, 1.165) is 27.8 Å². The Morgan fingerprint density at radius 3 is 2.16 bits per heavy atom. The van der Waals surface area contributed by atoms with Crippen LogP contribution < -0.4 is 0 Å². The van der Waals surface area contributed by atoms with E-state index in [4.69, 9.17) is 11.6 Å². The van der Waals surface area contributed by atoms with Gasteiger partial charge in [-0.3, -0.25) is 4.79 Å². The minimum absolute atomic E-state index is 0.0559. The molecule has 0 saturated carbocycles. The first-order valence-corrected chi connectivity index (χ1v) is 6.66. The van der Waals surface area contributed by atoms with E-state index in [9.17, 15) is 4.79 Å². The molecule has 0 fully saturated rings. The molecule has 2 heteroatoms. The lowest BCUT2D eigenvalue weighted by atomic mass is 9.95. The molecule has 0 bridgehead atoms. The van der Waals surface area contributed by atoms with E-state index in [1.807, 2.05) is 58.0 Å². The van der Waals surface area contributed by atoms with Crippen molar-refractivity contribution >= 4 is 17.4 Å². The number of rotatable bonds is 2. The van der Waals surface area contributed by atoms with Crippen molar-refractivity contribution in [2.24, 2.45) is 0 Å². The number of hydrogen-bond donors (Lipinski definition) is 0. The van der Waals surface area contributed by atoms with Gasteiger partial charge in [-0.05, 0) is 68.1 Å². The smallest absolute Gasteiger partial charge is 0.193 e. The SMILES string of the molecule is Cc1ccc(C(=O)c2cc(C)c(Cl)cc2C)cc1C. The fourth-order valence-corrected chi connectivity index (χ4v) is 2.28. The fourth-order valence-electron chi connectivity index (χ4n) is 2.06. The lowest BCUT2D eigenvalue weighted by Crippen LogP contribution is -2.05. The predicted octanol–water partition coefficient (Wildman–Crippen LogP) is 4.80. The highest BCUT2D eigenvalue weighted by Crippen LogP contribution is 2.23. The number of carbonyl (C=O) groups is 1. The quantitative estimate of drug-likeness (QED) is 0.718. The Morgan fingerprint density at radius 1 is 0.842 bits per heavy atom. The molecule has 0 radical (unpaired) electrons. The molecule has 0 spiro atoms. The van der Waals surface area contributed by atoms with Crippen LogP contribution in [0.15, 0.2) is 30.3 Å². The van der Waals surface area contributed by atoms with Gasteiger partial charge in [0.05, 0.1) is 0 Å². The molecule has 0 atom stereocenters. The largest absolute Gasteiger partial charge is 0.289 e. The second kappa shape index (κ2) is 5.18. The van der Waals surface area contributed by atoms with Crippen molar-refractivity contribution < 1.29 is 4.79 Å². The van der Waals surface area contributed by atoms with Crippen molar-refractivity contribution in [2.45, 2.75) is 27.7 Å². The molecular weight excluding hydrogens is 256 g/mol. The average molecular weight is 273 g/mol. The van der Waals surface area contributed by atoms with Crippen molar-refractivity contribution in [3.63, 3.8) is 0 Å². The van der Waals surface area contributed by atoms with E-state index in [2.05, 4.69) is 0 Å². The standard InChI is InChI=1S/C17H17ClO/c1-10-5-6-14(7-11(10)2)17(19)15-8-13(4)16(18)9-12(15)3/h5-9H,1-4H3. The lowest BCUT2D eigenvalue weighted by Gasteiger charge is -2.09. The predicted molar refractivity (Wildman–Crippen MR) is 80.3 cm³/mol. The van der Waals surface area contributed by atoms with Crippen molar-refractivity contribution in [3.8, 4) is 0 Å². The average Bonchev–Trinajstić information content (AvgIpc) is 2.36. The number of aryl methyl sites for hydroxylation is 4. The van der Waals surface area contributed by atoms with Crippen LogP contribution in [0.25, 0.3) is 0 Å². The van der Waals surface area contributed by atoms with Crippen LogP contribution in [0.1, 0.15) is 38.2 Å². The maximum atomic E-state index is 12.6. The third-order valence-electron chi connectivity index (χ3n) is 3.52. The van der Waals surface area contributed by atoms with Crippen LogP contribution in [0.5, 0.6) is 0 Å². The summed E-state index contributed by atoms with van der Waals surface area (Å²) in [5.41, 5.74) is 5.63. The first-order valence-electron chi connectivity index (χ1n) is 6.29. The summed E-state index contributed by atoms with van der Waals surface area (Å²) in [5.74, 6) is 0.0559. The highest BCUT2D eigenvalue weighted by Gasteiger charge is 2.14. The molecule has 1 nitrogen and oxygen atoms in total. The molecule has 19 heavy (non-hydrogen) atoms. The maximum Gasteiger partial charge on any atom is 0.193 e. The van der Waals surface area contributed by atoms with E-state index in [0.29, 0.717) is 5.02 Å².